The molecule has 2 aliphatic rings. The summed E-state index contributed by atoms with van der Waals surface area (Å²) in [6.07, 6.45) is 0.963. The second-order valence-electron chi connectivity index (χ2n) is 7.22. The normalized spacial score (nSPS) is 19.2. The molecule has 1 aromatic heterocycles. The van der Waals surface area contributed by atoms with Crippen LogP contribution in [0.4, 0.5) is 0 Å². The highest BCUT2D eigenvalue weighted by molar-refractivity contribution is 7.11. The molecular formula is C19H32N6O2S. The van der Waals surface area contributed by atoms with Gasteiger partial charge in [-0.2, -0.15) is 0 Å². The Morgan fingerprint density at radius 2 is 1.86 bits per heavy atom. The molecule has 1 aromatic rings. The van der Waals surface area contributed by atoms with E-state index in [0.29, 0.717) is 32.8 Å². The topological polar surface area (TPSA) is 73.3 Å². The molecule has 8 nitrogen and oxygen atoms in total. The molecule has 0 radical (unpaired) electrons. The van der Waals surface area contributed by atoms with Crippen LogP contribution in [0.2, 0.25) is 0 Å². The summed E-state index contributed by atoms with van der Waals surface area (Å²) in [5, 5.41) is 4.60. The fourth-order valence-corrected chi connectivity index (χ4v) is 4.58. The number of hydrogen-bond acceptors (Lipinski definition) is 6. The second kappa shape index (κ2) is 10.2. The minimum Gasteiger partial charge on any atom is -0.378 e. The Morgan fingerprint density at radius 3 is 2.46 bits per heavy atom. The number of aryl methyl sites for hydroxylation is 2. The van der Waals surface area contributed by atoms with Gasteiger partial charge in [0, 0.05) is 64.2 Å². The Kier molecular flexibility index (Phi) is 7.64. The van der Waals surface area contributed by atoms with E-state index in [4.69, 9.17) is 4.74 Å². The van der Waals surface area contributed by atoms with Crippen LogP contribution < -0.4 is 5.32 Å². The number of thiazole rings is 1. The number of ether oxygens (including phenoxy) is 1. The fraction of sp³-hybridized carbons (Fsp3) is 0.737. The van der Waals surface area contributed by atoms with E-state index in [1.54, 1.807) is 11.3 Å². The number of aliphatic imine (C=N–C) groups is 1. The number of hydrogen-bond donors (Lipinski definition) is 1. The van der Waals surface area contributed by atoms with Crippen LogP contribution in [-0.2, 0) is 16.0 Å². The largest absolute Gasteiger partial charge is 0.378 e. The molecule has 0 saturated carbocycles. The number of nitrogens with zero attached hydrogens (tertiary/aromatic N) is 5. The maximum atomic E-state index is 12.4. The zero-order valence-corrected chi connectivity index (χ0v) is 18.1. The first kappa shape index (κ1) is 21.0. The van der Waals surface area contributed by atoms with E-state index in [0.717, 1.165) is 55.8 Å². The van der Waals surface area contributed by atoms with Crippen molar-refractivity contribution in [2.45, 2.75) is 20.3 Å². The number of guanidine groups is 1. The van der Waals surface area contributed by atoms with Gasteiger partial charge in [-0.1, -0.05) is 0 Å². The van der Waals surface area contributed by atoms with Crippen molar-refractivity contribution in [2.75, 3.05) is 72.6 Å². The number of aromatic nitrogens is 1. The van der Waals surface area contributed by atoms with Gasteiger partial charge in [-0.3, -0.25) is 14.7 Å². The van der Waals surface area contributed by atoms with E-state index in [-0.39, 0.29) is 5.91 Å². The highest BCUT2D eigenvalue weighted by Gasteiger charge is 2.24. The van der Waals surface area contributed by atoms with E-state index < -0.39 is 0 Å². The molecule has 0 spiro atoms. The molecule has 28 heavy (non-hydrogen) atoms. The highest BCUT2D eigenvalue weighted by Crippen LogP contribution is 2.17. The Labute approximate surface area is 171 Å². The second-order valence-corrected chi connectivity index (χ2v) is 8.51. The van der Waals surface area contributed by atoms with Crippen molar-refractivity contribution >= 4 is 23.2 Å². The third-order valence-corrected chi connectivity index (χ3v) is 6.37. The monoisotopic (exact) mass is 408 g/mol. The lowest BCUT2D eigenvalue weighted by Gasteiger charge is -2.37. The number of morpholine rings is 1. The van der Waals surface area contributed by atoms with Gasteiger partial charge in [-0.05, 0) is 13.8 Å². The molecule has 1 N–H and O–H groups in total. The minimum atomic E-state index is 0.217. The average molecular weight is 409 g/mol. The molecule has 0 aliphatic carbocycles. The zero-order chi connectivity index (χ0) is 19.9. The first-order chi connectivity index (χ1) is 13.6. The van der Waals surface area contributed by atoms with Crippen molar-refractivity contribution in [1.82, 2.24) is 25.0 Å². The maximum absolute atomic E-state index is 12.4. The molecule has 2 fully saturated rings. The summed E-state index contributed by atoms with van der Waals surface area (Å²) in [6, 6.07) is 0. The van der Waals surface area contributed by atoms with E-state index in [9.17, 15) is 4.79 Å². The Bertz CT molecular complexity index is 678. The van der Waals surface area contributed by atoms with Gasteiger partial charge in [0.2, 0.25) is 5.91 Å². The fourth-order valence-electron chi connectivity index (χ4n) is 3.65. The summed E-state index contributed by atoms with van der Waals surface area (Å²) in [5.41, 5.74) is 1.14. The molecule has 0 unspecified atom stereocenters. The van der Waals surface area contributed by atoms with Crippen LogP contribution in [0.5, 0.6) is 0 Å². The number of carbonyl (C=O) groups excluding carboxylic acids is 1. The van der Waals surface area contributed by atoms with Gasteiger partial charge in [-0.25, -0.2) is 4.98 Å². The summed E-state index contributed by atoms with van der Waals surface area (Å²) in [6.45, 7) is 11.8. The van der Waals surface area contributed by atoms with Crippen molar-refractivity contribution in [3.8, 4) is 0 Å². The SMILES string of the molecule is CN=C(NCCc1sc(C)nc1C)N1CCN(CC(=O)N2CCOCC2)CC1. The van der Waals surface area contributed by atoms with Gasteiger partial charge in [-0.15, -0.1) is 11.3 Å². The van der Waals surface area contributed by atoms with Crippen LogP contribution in [0.3, 0.4) is 0 Å². The van der Waals surface area contributed by atoms with E-state index in [1.165, 1.54) is 4.88 Å². The standard InChI is InChI=1S/C19H32N6O2S/c1-15-17(28-16(2)22-15)4-5-21-19(20-3)25-8-6-23(7-9-25)14-18(26)24-10-12-27-13-11-24/h4-14H2,1-3H3,(H,20,21). The first-order valence-electron chi connectivity index (χ1n) is 10.0. The van der Waals surface area contributed by atoms with Crippen molar-refractivity contribution in [3.63, 3.8) is 0 Å². The summed E-state index contributed by atoms with van der Waals surface area (Å²) >= 11 is 1.77. The predicted octanol–water partition coefficient (Wildman–Crippen LogP) is 0.354. The van der Waals surface area contributed by atoms with Crippen LogP contribution >= 0.6 is 11.3 Å². The van der Waals surface area contributed by atoms with Crippen molar-refractivity contribution in [2.24, 2.45) is 4.99 Å². The number of carbonyl (C=O) groups is 1. The molecule has 0 bridgehead atoms. The lowest BCUT2D eigenvalue weighted by molar-refractivity contribution is -0.136. The van der Waals surface area contributed by atoms with Crippen molar-refractivity contribution in [1.29, 1.82) is 0 Å². The van der Waals surface area contributed by atoms with Gasteiger partial charge >= 0.3 is 0 Å². The van der Waals surface area contributed by atoms with Crippen LogP contribution in [0.1, 0.15) is 15.6 Å². The van der Waals surface area contributed by atoms with Crippen molar-refractivity contribution in [3.05, 3.63) is 15.6 Å². The number of rotatable bonds is 5. The summed E-state index contributed by atoms with van der Waals surface area (Å²) in [4.78, 5) is 29.1. The van der Waals surface area contributed by atoms with E-state index in [2.05, 4.69) is 38.9 Å². The summed E-state index contributed by atoms with van der Waals surface area (Å²) < 4.78 is 5.32. The number of piperazine rings is 1. The molecule has 0 aromatic carbocycles. The summed E-state index contributed by atoms with van der Waals surface area (Å²) in [5.74, 6) is 1.16. The van der Waals surface area contributed by atoms with Crippen LogP contribution in [0, 0.1) is 13.8 Å². The first-order valence-corrected chi connectivity index (χ1v) is 10.8. The van der Waals surface area contributed by atoms with Gasteiger partial charge in [0.15, 0.2) is 5.96 Å². The summed E-state index contributed by atoms with van der Waals surface area (Å²) in [7, 11) is 1.83. The lowest BCUT2D eigenvalue weighted by atomic mass is 10.3. The quantitative estimate of drug-likeness (QED) is 0.560. The van der Waals surface area contributed by atoms with E-state index in [1.807, 2.05) is 11.9 Å². The highest BCUT2D eigenvalue weighted by atomic mass is 32.1. The van der Waals surface area contributed by atoms with E-state index >= 15 is 0 Å². The molecule has 156 valence electrons. The number of amides is 1. The van der Waals surface area contributed by atoms with Gasteiger partial charge in [0.25, 0.3) is 0 Å². The van der Waals surface area contributed by atoms with Crippen LogP contribution in [0.25, 0.3) is 0 Å². The molecule has 1 amide bonds. The molecule has 2 saturated heterocycles. The molecule has 9 heteroatoms. The van der Waals surface area contributed by atoms with Crippen LogP contribution in [0.15, 0.2) is 4.99 Å². The Hall–Kier alpha value is -1.71. The maximum Gasteiger partial charge on any atom is 0.236 e. The van der Waals surface area contributed by atoms with Crippen molar-refractivity contribution < 1.29 is 9.53 Å². The van der Waals surface area contributed by atoms with Gasteiger partial charge < -0.3 is 19.9 Å². The smallest absolute Gasteiger partial charge is 0.236 e. The zero-order valence-electron chi connectivity index (χ0n) is 17.2. The predicted molar refractivity (Wildman–Crippen MR) is 112 cm³/mol. The molecule has 3 rings (SSSR count). The minimum absolute atomic E-state index is 0.217. The third kappa shape index (κ3) is 5.65. The van der Waals surface area contributed by atoms with Gasteiger partial charge in [0.05, 0.1) is 30.5 Å². The average Bonchev–Trinajstić information content (AvgIpc) is 3.04. The molecule has 2 aliphatic heterocycles. The lowest BCUT2D eigenvalue weighted by Crippen LogP contribution is -2.55. The number of nitrogens with one attached hydrogen (secondary N) is 1. The Balaban J connectivity index is 1.40. The molecule has 3 heterocycles. The molecular weight excluding hydrogens is 376 g/mol. The van der Waals surface area contributed by atoms with Crippen LogP contribution in [-0.4, -0.2) is 104 Å². The third-order valence-electron chi connectivity index (χ3n) is 5.24. The van der Waals surface area contributed by atoms with Gasteiger partial charge in [0.1, 0.15) is 0 Å². The molecule has 0 atom stereocenters. The Morgan fingerprint density at radius 1 is 1.14 bits per heavy atom.